The van der Waals surface area contributed by atoms with Gasteiger partial charge in [-0.2, -0.15) is 0 Å². The number of hydrogen-bond donors (Lipinski definition) is 2. The molecule has 122 valence electrons. The molecule has 0 heterocycles. The second-order valence-electron chi connectivity index (χ2n) is 6.12. The molecule has 1 saturated carbocycles. The summed E-state index contributed by atoms with van der Waals surface area (Å²) in [6.45, 7) is 1.94. The average Bonchev–Trinajstić information content (AvgIpc) is 3.16. The fourth-order valence-electron chi connectivity index (χ4n) is 3.16. The Labute approximate surface area is 135 Å². The molecule has 0 amide bonds. The van der Waals surface area contributed by atoms with Gasteiger partial charge in [-0.3, -0.25) is 0 Å². The maximum atomic E-state index is 13.1. The second kappa shape index (κ2) is 5.40. The third-order valence-electron chi connectivity index (χ3n) is 4.57. The van der Waals surface area contributed by atoms with Crippen LogP contribution in [0.25, 0.3) is 0 Å². The average molecular weight is 334 g/mol. The van der Waals surface area contributed by atoms with Gasteiger partial charge in [0.05, 0.1) is 15.7 Å². The van der Waals surface area contributed by atoms with Crippen molar-refractivity contribution in [3.63, 3.8) is 0 Å². The lowest BCUT2D eigenvalue weighted by molar-refractivity contribution is 0.585. The minimum absolute atomic E-state index is 0.0464. The summed E-state index contributed by atoms with van der Waals surface area (Å²) >= 11 is 0. The van der Waals surface area contributed by atoms with Crippen LogP contribution in [-0.4, -0.2) is 25.8 Å². The highest BCUT2D eigenvalue weighted by Gasteiger charge is 2.68. The van der Waals surface area contributed by atoms with Gasteiger partial charge in [-0.25, -0.2) is 12.8 Å². The Morgan fingerprint density at radius 3 is 2.17 bits per heavy atom. The third kappa shape index (κ3) is 2.56. The lowest BCUT2D eigenvalue weighted by Crippen LogP contribution is -2.39. The van der Waals surface area contributed by atoms with E-state index < -0.39 is 26.5 Å². The van der Waals surface area contributed by atoms with E-state index in [4.69, 9.17) is 11.5 Å². The van der Waals surface area contributed by atoms with Crippen LogP contribution in [0.3, 0.4) is 0 Å². The topological polar surface area (TPSA) is 86.2 Å². The number of sulfone groups is 1. The normalized spacial score (nSPS) is 27.0. The summed E-state index contributed by atoms with van der Waals surface area (Å²) in [6, 6.07) is 12.4. The zero-order valence-corrected chi connectivity index (χ0v) is 13.6. The van der Waals surface area contributed by atoms with E-state index in [-0.39, 0.29) is 17.3 Å². The number of aryl methyl sites for hydroxylation is 1. The molecule has 1 aliphatic carbocycles. The summed E-state index contributed by atoms with van der Waals surface area (Å²) in [7, 11) is -3.61. The van der Waals surface area contributed by atoms with Crippen LogP contribution in [0.4, 0.5) is 4.39 Å². The molecule has 0 radical (unpaired) electrons. The molecule has 0 spiro atoms. The van der Waals surface area contributed by atoms with E-state index in [1.54, 1.807) is 36.4 Å². The van der Waals surface area contributed by atoms with Crippen LogP contribution >= 0.6 is 0 Å². The summed E-state index contributed by atoms with van der Waals surface area (Å²) in [4.78, 5) is 0.237. The minimum atomic E-state index is -3.61. The maximum Gasteiger partial charge on any atom is 0.183 e. The largest absolute Gasteiger partial charge is 0.329 e. The number of halogens is 1. The molecule has 4 nitrogen and oxygen atoms in total. The first-order valence-corrected chi connectivity index (χ1v) is 8.90. The van der Waals surface area contributed by atoms with Gasteiger partial charge in [0.25, 0.3) is 0 Å². The molecule has 0 bridgehead atoms. The van der Waals surface area contributed by atoms with Crippen molar-refractivity contribution in [2.75, 3.05) is 6.54 Å². The highest BCUT2D eigenvalue weighted by atomic mass is 32.2. The highest BCUT2D eigenvalue weighted by molar-refractivity contribution is 7.92. The molecule has 0 aromatic heterocycles. The molecule has 1 fully saturated rings. The van der Waals surface area contributed by atoms with Gasteiger partial charge in [0.15, 0.2) is 9.84 Å². The Bertz CT molecular complexity index is 819. The van der Waals surface area contributed by atoms with Gasteiger partial charge in [0.2, 0.25) is 0 Å². The minimum Gasteiger partial charge on any atom is -0.329 e. The predicted octanol–water partition coefficient (Wildman–Crippen LogP) is 1.73. The van der Waals surface area contributed by atoms with E-state index in [9.17, 15) is 12.8 Å². The Hall–Kier alpha value is -1.76. The first-order chi connectivity index (χ1) is 10.8. The van der Waals surface area contributed by atoms with Gasteiger partial charge in [-0.15, -0.1) is 0 Å². The Kier molecular flexibility index (Phi) is 3.78. The van der Waals surface area contributed by atoms with Crippen molar-refractivity contribution >= 4 is 9.84 Å². The highest BCUT2D eigenvalue weighted by Crippen LogP contribution is 2.55. The van der Waals surface area contributed by atoms with Crippen molar-refractivity contribution in [1.29, 1.82) is 0 Å². The number of nitrogens with two attached hydrogens (primary N) is 2. The van der Waals surface area contributed by atoms with Crippen molar-refractivity contribution in [3.8, 4) is 0 Å². The van der Waals surface area contributed by atoms with E-state index in [1.807, 2.05) is 6.92 Å². The molecule has 3 atom stereocenters. The summed E-state index contributed by atoms with van der Waals surface area (Å²) in [5.41, 5.74) is 12.7. The van der Waals surface area contributed by atoms with E-state index in [0.29, 0.717) is 5.56 Å². The van der Waals surface area contributed by atoms with E-state index in [2.05, 4.69) is 0 Å². The smallest absolute Gasteiger partial charge is 0.183 e. The maximum absolute atomic E-state index is 13.1. The SMILES string of the molecule is Cc1ccc(S(=O)(=O)[C@@H]2[C@@H](c3ccc(F)cc3)[C@]2(N)CN)cc1. The first kappa shape index (κ1) is 16.1. The number of hydrogen-bond acceptors (Lipinski definition) is 4. The van der Waals surface area contributed by atoms with E-state index in [1.165, 1.54) is 12.1 Å². The molecular weight excluding hydrogens is 315 g/mol. The van der Waals surface area contributed by atoms with Crippen LogP contribution in [0.5, 0.6) is 0 Å². The molecular formula is C17H19FN2O2S. The van der Waals surface area contributed by atoms with Crippen molar-refractivity contribution in [2.24, 2.45) is 11.5 Å². The van der Waals surface area contributed by atoms with Crippen LogP contribution in [0.2, 0.25) is 0 Å². The first-order valence-electron chi connectivity index (χ1n) is 7.35. The third-order valence-corrected chi connectivity index (χ3v) is 6.88. The van der Waals surface area contributed by atoms with Gasteiger partial charge in [-0.05, 0) is 36.8 Å². The summed E-state index contributed by atoms with van der Waals surface area (Å²) in [5.74, 6) is -0.804. The zero-order valence-electron chi connectivity index (χ0n) is 12.7. The lowest BCUT2D eigenvalue weighted by atomic mass is 10.1. The van der Waals surface area contributed by atoms with Gasteiger partial charge in [-0.1, -0.05) is 29.8 Å². The molecule has 23 heavy (non-hydrogen) atoms. The standard InChI is InChI=1S/C17H19FN2O2S/c1-11-2-8-14(9-3-11)23(21,22)16-15(17(16,20)10-19)12-4-6-13(18)7-5-12/h2-9,15-16H,10,19-20H2,1H3/t15-,16-,17-/m1/s1. The molecule has 2 aromatic carbocycles. The van der Waals surface area contributed by atoms with E-state index in [0.717, 1.165) is 5.56 Å². The molecule has 6 heteroatoms. The number of rotatable bonds is 4. The zero-order chi connectivity index (χ0) is 16.8. The molecule has 3 rings (SSSR count). The van der Waals surface area contributed by atoms with Gasteiger partial charge in [0, 0.05) is 12.5 Å². The van der Waals surface area contributed by atoms with Crippen molar-refractivity contribution < 1.29 is 12.8 Å². The second-order valence-corrected chi connectivity index (χ2v) is 8.19. The molecule has 2 aromatic rings. The summed E-state index contributed by atoms with van der Waals surface area (Å²) < 4.78 is 38.9. The fourth-order valence-corrected chi connectivity index (χ4v) is 5.48. The van der Waals surface area contributed by atoms with Gasteiger partial charge in [0.1, 0.15) is 5.82 Å². The quantitative estimate of drug-likeness (QED) is 0.891. The van der Waals surface area contributed by atoms with Crippen LogP contribution in [-0.2, 0) is 9.84 Å². The van der Waals surface area contributed by atoms with Crippen molar-refractivity contribution in [3.05, 3.63) is 65.5 Å². The molecule has 0 saturated heterocycles. The predicted molar refractivity (Wildman–Crippen MR) is 87.3 cm³/mol. The van der Waals surface area contributed by atoms with Crippen molar-refractivity contribution in [2.45, 2.75) is 28.5 Å². The fraction of sp³-hybridized carbons (Fsp3) is 0.294. The van der Waals surface area contributed by atoms with Gasteiger partial charge < -0.3 is 11.5 Å². The summed E-state index contributed by atoms with van der Waals surface area (Å²) in [6.07, 6.45) is 0. The monoisotopic (exact) mass is 334 g/mol. The van der Waals surface area contributed by atoms with Gasteiger partial charge >= 0.3 is 0 Å². The number of benzene rings is 2. The van der Waals surface area contributed by atoms with Crippen LogP contribution in [0.1, 0.15) is 17.0 Å². The molecule has 4 N–H and O–H groups in total. The molecule has 0 aliphatic heterocycles. The van der Waals surface area contributed by atoms with E-state index >= 15 is 0 Å². The van der Waals surface area contributed by atoms with Crippen molar-refractivity contribution in [1.82, 2.24) is 0 Å². The van der Waals surface area contributed by atoms with Crippen LogP contribution in [0, 0.1) is 12.7 Å². The Balaban J connectivity index is 2.01. The van der Waals surface area contributed by atoms with Crippen LogP contribution in [0.15, 0.2) is 53.4 Å². The molecule has 0 unspecified atom stereocenters. The lowest BCUT2D eigenvalue weighted by Gasteiger charge is -2.09. The Morgan fingerprint density at radius 1 is 1.09 bits per heavy atom. The van der Waals surface area contributed by atoms with Crippen LogP contribution < -0.4 is 11.5 Å². The summed E-state index contributed by atoms with van der Waals surface area (Å²) in [5, 5.41) is -0.798. The Morgan fingerprint density at radius 2 is 1.65 bits per heavy atom. The molecule has 1 aliphatic rings.